The topological polar surface area (TPSA) is 81.3 Å². The number of nitrogens with zero attached hydrogens (tertiary/aromatic N) is 4. The Bertz CT molecular complexity index is 1360. The van der Waals surface area contributed by atoms with Crippen LogP contribution >= 0.6 is 11.6 Å². The van der Waals surface area contributed by atoms with Crippen molar-refractivity contribution in [1.29, 1.82) is 0 Å². The maximum atomic E-state index is 13.5. The Morgan fingerprint density at radius 2 is 2.00 bits per heavy atom. The summed E-state index contributed by atoms with van der Waals surface area (Å²) in [6.07, 6.45) is 3.93. The van der Waals surface area contributed by atoms with Crippen LogP contribution in [0.3, 0.4) is 0 Å². The summed E-state index contributed by atoms with van der Waals surface area (Å²) in [4.78, 5) is 25.2. The molecule has 1 amide bonds. The van der Waals surface area contributed by atoms with E-state index in [0.29, 0.717) is 28.6 Å². The summed E-state index contributed by atoms with van der Waals surface area (Å²) in [5.41, 5.74) is 1.72. The van der Waals surface area contributed by atoms with Crippen LogP contribution in [-0.4, -0.2) is 25.1 Å². The fraction of sp³-hybridized carbons (Fsp3) is 0.217. The van der Waals surface area contributed by atoms with Crippen LogP contribution in [0.5, 0.6) is 0 Å². The molecular formula is C23H21ClFN5O2. The highest BCUT2D eigenvalue weighted by Gasteiger charge is 2.16. The Labute approximate surface area is 188 Å². The number of amides is 1. The van der Waals surface area contributed by atoms with Crippen molar-refractivity contribution < 1.29 is 9.18 Å². The third kappa shape index (κ3) is 4.55. The minimum Gasteiger partial charge on any atom is -0.326 e. The highest BCUT2D eigenvalue weighted by atomic mass is 35.5. The Morgan fingerprint density at radius 1 is 1.19 bits per heavy atom. The van der Waals surface area contributed by atoms with E-state index in [0.717, 1.165) is 5.56 Å². The van der Waals surface area contributed by atoms with Crippen LogP contribution < -0.4 is 10.9 Å². The summed E-state index contributed by atoms with van der Waals surface area (Å²) >= 11 is 6.11. The number of carbonyl (C=O) groups excluding carboxylic acids is 1. The van der Waals surface area contributed by atoms with Crippen molar-refractivity contribution in [2.75, 3.05) is 5.32 Å². The summed E-state index contributed by atoms with van der Waals surface area (Å²) in [6.45, 7) is 3.82. The van der Waals surface area contributed by atoms with E-state index in [1.165, 1.54) is 22.8 Å². The lowest BCUT2D eigenvalue weighted by Gasteiger charge is -2.12. The zero-order valence-electron chi connectivity index (χ0n) is 17.5. The Balaban J connectivity index is 1.48. The first kappa shape index (κ1) is 21.7. The molecule has 9 heteroatoms. The van der Waals surface area contributed by atoms with Gasteiger partial charge in [0.15, 0.2) is 0 Å². The summed E-state index contributed by atoms with van der Waals surface area (Å²) in [7, 11) is 0. The largest absolute Gasteiger partial charge is 0.326 e. The average molecular weight is 454 g/mol. The van der Waals surface area contributed by atoms with Crippen LogP contribution in [-0.2, 0) is 11.2 Å². The van der Waals surface area contributed by atoms with Crippen molar-refractivity contribution in [2.24, 2.45) is 5.92 Å². The Morgan fingerprint density at radius 3 is 2.75 bits per heavy atom. The molecule has 0 unspecified atom stereocenters. The second kappa shape index (κ2) is 8.92. The molecule has 1 N–H and O–H groups in total. The number of anilines is 1. The van der Waals surface area contributed by atoms with Gasteiger partial charge in [-0.05, 0) is 48.7 Å². The van der Waals surface area contributed by atoms with Gasteiger partial charge in [-0.3, -0.25) is 18.6 Å². The smallest absolute Gasteiger partial charge is 0.300 e. The van der Waals surface area contributed by atoms with Crippen LogP contribution in [0.25, 0.3) is 11.3 Å². The van der Waals surface area contributed by atoms with Gasteiger partial charge < -0.3 is 5.32 Å². The van der Waals surface area contributed by atoms with Gasteiger partial charge >= 0.3 is 5.56 Å². The first-order chi connectivity index (χ1) is 15.3. The maximum Gasteiger partial charge on any atom is 0.300 e. The van der Waals surface area contributed by atoms with Gasteiger partial charge in [0.1, 0.15) is 11.6 Å². The first-order valence-electron chi connectivity index (χ1n) is 10.1. The van der Waals surface area contributed by atoms with Crippen LogP contribution in [0.2, 0.25) is 5.02 Å². The number of fused-ring (bicyclic) bond motifs is 1. The van der Waals surface area contributed by atoms with Crippen LogP contribution in [0.15, 0.2) is 59.7 Å². The molecule has 0 aliphatic heterocycles. The number of rotatable bonds is 6. The number of nitrogens with one attached hydrogen (secondary N) is 1. The van der Waals surface area contributed by atoms with Crippen LogP contribution in [0.4, 0.5) is 10.1 Å². The number of hydrogen-bond acceptors (Lipinski definition) is 4. The summed E-state index contributed by atoms with van der Waals surface area (Å²) < 4.78 is 16.5. The quantitative estimate of drug-likeness (QED) is 0.474. The molecule has 0 saturated carbocycles. The number of hydrogen-bond donors (Lipinski definition) is 1. The molecule has 2 aromatic carbocycles. The highest BCUT2D eigenvalue weighted by Crippen LogP contribution is 2.21. The molecule has 0 aliphatic rings. The van der Waals surface area contributed by atoms with Crippen LogP contribution in [0, 0.1) is 18.7 Å². The number of carbonyl (C=O) groups is 1. The Kier molecular flexibility index (Phi) is 6.05. The number of halogens is 2. The zero-order chi connectivity index (χ0) is 22.8. The van der Waals surface area contributed by atoms with Crippen LogP contribution in [0.1, 0.15) is 24.7 Å². The molecule has 4 aromatic rings. The van der Waals surface area contributed by atoms with E-state index in [9.17, 15) is 14.0 Å². The van der Waals surface area contributed by atoms with Gasteiger partial charge in [0.05, 0.1) is 5.69 Å². The molecular weight excluding hydrogens is 433 g/mol. The maximum absolute atomic E-state index is 13.5. The van der Waals surface area contributed by atoms with Gasteiger partial charge in [-0.1, -0.05) is 30.7 Å². The van der Waals surface area contributed by atoms with E-state index in [1.807, 2.05) is 19.9 Å². The van der Waals surface area contributed by atoms with Gasteiger partial charge in [-0.2, -0.15) is 0 Å². The predicted molar refractivity (Wildman–Crippen MR) is 121 cm³/mol. The van der Waals surface area contributed by atoms with E-state index >= 15 is 0 Å². The molecule has 7 nitrogen and oxygen atoms in total. The van der Waals surface area contributed by atoms with E-state index in [2.05, 4.69) is 15.5 Å². The van der Waals surface area contributed by atoms with Crippen molar-refractivity contribution in [2.45, 2.75) is 26.7 Å². The van der Waals surface area contributed by atoms with Gasteiger partial charge in [0.25, 0.3) is 0 Å². The molecule has 164 valence electrons. The molecule has 0 aliphatic carbocycles. The average Bonchev–Trinajstić information content (AvgIpc) is 3.14. The minimum absolute atomic E-state index is 0.0472. The third-order valence-electron chi connectivity index (χ3n) is 5.15. The van der Waals surface area contributed by atoms with Gasteiger partial charge in [-0.15, -0.1) is 10.2 Å². The minimum atomic E-state index is -0.434. The lowest BCUT2D eigenvalue weighted by Crippen LogP contribution is -2.21. The molecule has 4 rings (SSSR count). The zero-order valence-corrected chi connectivity index (χ0v) is 18.3. The van der Waals surface area contributed by atoms with Crippen molar-refractivity contribution in [1.82, 2.24) is 19.2 Å². The SMILES string of the molecule is Cc1ccc(NC(=O)C[C@@H](C)Cc2nnc3c(=O)n(-c4cccc(F)c4)ccn23)cc1Cl. The standard InChI is InChI=1S/C23H21ClFN5O2/c1-14(11-21(31)26-17-7-6-15(2)19(24)13-17)10-20-27-28-22-23(32)29(8-9-30(20)22)18-5-3-4-16(25)12-18/h3-9,12-14H,10-11H2,1-2H3,(H,26,31)/t14-/m0/s1. The molecule has 1 atom stereocenters. The van der Waals surface area contributed by atoms with E-state index < -0.39 is 11.4 Å². The molecule has 0 bridgehead atoms. The second-order valence-corrected chi connectivity index (χ2v) is 8.20. The third-order valence-corrected chi connectivity index (χ3v) is 5.56. The fourth-order valence-corrected chi connectivity index (χ4v) is 3.67. The predicted octanol–water partition coefficient (Wildman–Crippen LogP) is 4.19. The molecule has 0 saturated heterocycles. The number of aromatic nitrogens is 4. The lowest BCUT2D eigenvalue weighted by molar-refractivity contribution is -0.116. The Hall–Kier alpha value is -3.52. The molecule has 2 aromatic heterocycles. The number of aryl methyl sites for hydroxylation is 1. The molecule has 0 fully saturated rings. The fourth-order valence-electron chi connectivity index (χ4n) is 3.49. The summed E-state index contributed by atoms with van der Waals surface area (Å²) in [6, 6.07) is 11.1. The van der Waals surface area contributed by atoms with E-state index in [4.69, 9.17) is 11.6 Å². The highest BCUT2D eigenvalue weighted by molar-refractivity contribution is 6.31. The molecule has 0 spiro atoms. The van der Waals surface area contributed by atoms with E-state index in [1.54, 1.807) is 35.0 Å². The summed E-state index contributed by atoms with van der Waals surface area (Å²) in [5, 5.41) is 11.6. The van der Waals surface area contributed by atoms with Crippen molar-refractivity contribution in [3.63, 3.8) is 0 Å². The van der Waals surface area contributed by atoms with Gasteiger partial charge in [0, 0.05) is 35.9 Å². The van der Waals surface area contributed by atoms with Gasteiger partial charge in [0.2, 0.25) is 11.6 Å². The molecule has 2 heterocycles. The van der Waals surface area contributed by atoms with E-state index in [-0.39, 0.29) is 23.9 Å². The van der Waals surface area contributed by atoms with Gasteiger partial charge in [-0.25, -0.2) is 4.39 Å². The monoisotopic (exact) mass is 453 g/mol. The first-order valence-corrected chi connectivity index (χ1v) is 10.5. The normalized spacial score (nSPS) is 12.1. The summed E-state index contributed by atoms with van der Waals surface area (Å²) in [5.74, 6) is -0.0488. The number of benzene rings is 2. The van der Waals surface area contributed by atoms with Crippen molar-refractivity contribution in [3.05, 3.63) is 87.4 Å². The van der Waals surface area contributed by atoms with Crippen molar-refractivity contribution >= 4 is 28.8 Å². The van der Waals surface area contributed by atoms with Crippen molar-refractivity contribution in [3.8, 4) is 5.69 Å². The molecule has 0 radical (unpaired) electrons. The lowest BCUT2D eigenvalue weighted by atomic mass is 10.0. The second-order valence-electron chi connectivity index (χ2n) is 7.79. The molecule has 32 heavy (non-hydrogen) atoms.